The van der Waals surface area contributed by atoms with Gasteiger partial charge in [-0.25, -0.2) is 13.2 Å². The van der Waals surface area contributed by atoms with Crippen molar-refractivity contribution in [2.24, 2.45) is 0 Å². The van der Waals surface area contributed by atoms with Crippen LogP contribution in [0.5, 0.6) is 0 Å². The third-order valence-electron chi connectivity index (χ3n) is 4.55. The lowest BCUT2D eigenvalue weighted by atomic mass is 10.0. The molecule has 1 N–H and O–H groups in total. The van der Waals surface area contributed by atoms with Gasteiger partial charge in [0.1, 0.15) is 21.1 Å². The minimum atomic E-state index is -3.73. The van der Waals surface area contributed by atoms with Gasteiger partial charge in [-0.2, -0.15) is 0 Å². The third-order valence-corrected chi connectivity index (χ3v) is 7.32. The summed E-state index contributed by atoms with van der Waals surface area (Å²) in [6, 6.07) is 15.8. The van der Waals surface area contributed by atoms with Gasteiger partial charge in [0, 0.05) is 10.9 Å². The minimum Gasteiger partial charge on any atom is -0.462 e. The number of sulfonamides is 1. The van der Waals surface area contributed by atoms with Crippen molar-refractivity contribution in [3.8, 4) is 11.3 Å². The van der Waals surface area contributed by atoms with Crippen molar-refractivity contribution in [1.82, 2.24) is 0 Å². The predicted molar refractivity (Wildman–Crippen MR) is 117 cm³/mol. The molecule has 2 heterocycles. The van der Waals surface area contributed by atoms with Crippen molar-refractivity contribution in [2.75, 3.05) is 11.3 Å². The van der Waals surface area contributed by atoms with Crippen LogP contribution in [0.4, 0.5) is 5.69 Å². The Labute approximate surface area is 178 Å². The fraction of sp³-hybridized carbons (Fsp3) is 0.136. The highest BCUT2D eigenvalue weighted by Gasteiger charge is 2.25. The molecule has 0 aliphatic carbocycles. The first-order chi connectivity index (χ1) is 14.4. The molecule has 154 valence electrons. The van der Waals surface area contributed by atoms with Crippen LogP contribution in [-0.2, 0) is 14.8 Å². The molecule has 30 heavy (non-hydrogen) atoms. The molecule has 0 atom stereocenters. The normalized spacial score (nSPS) is 11.5. The number of aryl methyl sites for hydroxylation is 1. The number of fused-ring (bicyclic) bond motifs is 1. The van der Waals surface area contributed by atoms with E-state index >= 15 is 0 Å². The number of anilines is 1. The van der Waals surface area contributed by atoms with Crippen LogP contribution in [0.25, 0.3) is 22.3 Å². The van der Waals surface area contributed by atoms with Gasteiger partial charge in [-0.15, -0.1) is 11.3 Å². The molecule has 0 amide bonds. The Morgan fingerprint density at radius 2 is 1.90 bits per heavy atom. The lowest BCUT2D eigenvalue weighted by Gasteiger charge is -2.10. The average Bonchev–Trinajstić information content (AvgIpc) is 3.37. The van der Waals surface area contributed by atoms with Crippen molar-refractivity contribution in [2.45, 2.75) is 18.1 Å². The zero-order valence-electron chi connectivity index (χ0n) is 16.3. The fourth-order valence-electron chi connectivity index (χ4n) is 3.16. The summed E-state index contributed by atoms with van der Waals surface area (Å²) in [5.74, 6) is -0.132. The molecule has 0 spiro atoms. The molecule has 0 fully saturated rings. The average molecular weight is 442 g/mol. The van der Waals surface area contributed by atoms with Crippen LogP contribution in [0.1, 0.15) is 22.8 Å². The van der Waals surface area contributed by atoms with Gasteiger partial charge in [0.15, 0.2) is 0 Å². The summed E-state index contributed by atoms with van der Waals surface area (Å²) in [6.45, 7) is 3.72. The Hall–Kier alpha value is -3.10. The van der Waals surface area contributed by atoms with Crippen molar-refractivity contribution >= 4 is 44.0 Å². The number of hydrogen-bond acceptors (Lipinski definition) is 6. The van der Waals surface area contributed by atoms with Crippen molar-refractivity contribution < 1.29 is 22.4 Å². The number of furan rings is 1. The molecule has 0 saturated carbocycles. The summed E-state index contributed by atoms with van der Waals surface area (Å²) in [4.78, 5) is 12.8. The summed E-state index contributed by atoms with van der Waals surface area (Å²) < 4.78 is 39.5. The summed E-state index contributed by atoms with van der Waals surface area (Å²) in [6.07, 6.45) is 0. The van der Waals surface area contributed by atoms with E-state index in [0.717, 1.165) is 16.9 Å². The molecule has 0 aliphatic heterocycles. The molecule has 0 aliphatic rings. The first kappa shape index (κ1) is 20.2. The molecule has 2 aromatic heterocycles. The van der Waals surface area contributed by atoms with Gasteiger partial charge in [0.25, 0.3) is 10.0 Å². The third kappa shape index (κ3) is 3.71. The van der Waals surface area contributed by atoms with Crippen LogP contribution in [-0.4, -0.2) is 21.0 Å². The summed E-state index contributed by atoms with van der Waals surface area (Å²) in [7, 11) is -3.73. The number of carbonyl (C=O) groups is 1. The molecule has 2 aromatic carbocycles. The molecule has 6 nitrogen and oxygen atoms in total. The van der Waals surface area contributed by atoms with Gasteiger partial charge in [0.2, 0.25) is 0 Å². The van der Waals surface area contributed by atoms with E-state index < -0.39 is 16.0 Å². The predicted octanol–water partition coefficient (Wildman–Crippen LogP) is 5.45. The summed E-state index contributed by atoms with van der Waals surface area (Å²) in [5, 5.41) is 2.19. The summed E-state index contributed by atoms with van der Waals surface area (Å²) in [5.41, 5.74) is 2.53. The number of esters is 1. The van der Waals surface area contributed by atoms with Gasteiger partial charge in [-0.1, -0.05) is 36.4 Å². The molecule has 4 aromatic rings. The standard InChI is InChI=1S/C22H19NO5S2/c1-3-27-22(24)20-16-13-17(23-30(25,26)19-10-7-11-29-19)14(2)12-18(16)28-21(20)15-8-5-4-6-9-15/h4-13,23H,3H2,1-2H3. The van der Waals surface area contributed by atoms with Crippen LogP contribution in [0, 0.1) is 6.92 Å². The van der Waals surface area contributed by atoms with Crippen molar-refractivity contribution in [1.29, 1.82) is 0 Å². The smallest absolute Gasteiger partial charge is 0.342 e. The van der Waals surface area contributed by atoms with Crippen molar-refractivity contribution in [3.63, 3.8) is 0 Å². The lowest BCUT2D eigenvalue weighted by Crippen LogP contribution is -2.12. The van der Waals surface area contributed by atoms with E-state index in [0.29, 0.717) is 28.0 Å². The second-order valence-corrected chi connectivity index (χ2v) is 9.45. The molecular weight excluding hydrogens is 422 g/mol. The molecule has 0 saturated heterocycles. The molecular formula is C22H19NO5S2. The zero-order chi connectivity index (χ0) is 21.3. The molecule has 0 bridgehead atoms. The molecule has 4 rings (SSSR count). The Morgan fingerprint density at radius 3 is 2.57 bits per heavy atom. The number of ether oxygens (including phenoxy) is 1. The maximum absolute atomic E-state index is 12.8. The Morgan fingerprint density at radius 1 is 1.13 bits per heavy atom. The highest BCUT2D eigenvalue weighted by Crippen LogP contribution is 2.37. The fourth-order valence-corrected chi connectivity index (χ4v) is 5.28. The van der Waals surface area contributed by atoms with Crippen LogP contribution in [0.2, 0.25) is 0 Å². The van der Waals surface area contributed by atoms with Crippen LogP contribution >= 0.6 is 11.3 Å². The largest absolute Gasteiger partial charge is 0.462 e. The van der Waals surface area contributed by atoms with Crippen LogP contribution in [0.15, 0.2) is 68.6 Å². The lowest BCUT2D eigenvalue weighted by molar-refractivity contribution is 0.0528. The van der Waals surface area contributed by atoms with E-state index in [2.05, 4.69) is 4.72 Å². The minimum absolute atomic E-state index is 0.212. The van der Waals surface area contributed by atoms with E-state index in [-0.39, 0.29) is 16.4 Å². The number of nitrogens with one attached hydrogen (secondary N) is 1. The zero-order valence-corrected chi connectivity index (χ0v) is 18.0. The first-order valence-electron chi connectivity index (χ1n) is 9.26. The number of thiophene rings is 1. The van der Waals surface area contributed by atoms with Gasteiger partial charge in [-0.3, -0.25) is 4.72 Å². The van der Waals surface area contributed by atoms with Gasteiger partial charge in [0.05, 0.1) is 12.3 Å². The van der Waals surface area contributed by atoms with Gasteiger partial charge >= 0.3 is 5.97 Å². The van der Waals surface area contributed by atoms with E-state index in [4.69, 9.17) is 9.15 Å². The Balaban J connectivity index is 1.88. The van der Waals surface area contributed by atoms with E-state index in [1.807, 2.05) is 30.3 Å². The second kappa shape index (κ2) is 7.97. The topological polar surface area (TPSA) is 85.6 Å². The van der Waals surface area contributed by atoms with Crippen LogP contribution < -0.4 is 4.72 Å². The number of carbonyl (C=O) groups excluding carboxylic acids is 1. The second-order valence-electron chi connectivity index (χ2n) is 6.59. The Kier molecular flexibility index (Phi) is 5.36. The number of benzene rings is 2. The monoisotopic (exact) mass is 441 g/mol. The quantitative estimate of drug-likeness (QED) is 0.402. The highest BCUT2D eigenvalue weighted by molar-refractivity contribution is 7.94. The molecule has 8 heteroatoms. The van der Waals surface area contributed by atoms with Crippen molar-refractivity contribution in [3.05, 3.63) is 71.1 Å². The SMILES string of the molecule is CCOC(=O)c1c(-c2ccccc2)oc2cc(C)c(NS(=O)(=O)c3cccs3)cc12. The highest BCUT2D eigenvalue weighted by atomic mass is 32.2. The number of rotatable bonds is 6. The van der Waals surface area contributed by atoms with E-state index in [1.54, 1.807) is 37.4 Å². The summed E-state index contributed by atoms with van der Waals surface area (Å²) >= 11 is 1.13. The van der Waals surface area contributed by atoms with Gasteiger partial charge in [-0.05, 0) is 43.0 Å². The maximum Gasteiger partial charge on any atom is 0.342 e. The van der Waals surface area contributed by atoms with E-state index in [9.17, 15) is 13.2 Å². The van der Waals surface area contributed by atoms with Crippen LogP contribution in [0.3, 0.4) is 0 Å². The van der Waals surface area contributed by atoms with E-state index in [1.165, 1.54) is 6.07 Å². The Bertz CT molecular complexity index is 1310. The molecule has 0 unspecified atom stereocenters. The number of hydrogen-bond donors (Lipinski definition) is 1. The first-order valence-corrected chi connectivity index (χ1v) is 11.6. The molecule has 0 radical (unpaired) electrons. The van der Waals surface area contributed by atoms with Gasteiger partial charge < -0.3 is 9.15 Å². The maximum atomic E-state index is 12.8.